The molecule has 2 N–H and O–H groups in total. The van der Waals surface area contributed by atoms with E-state index in [-0.39, 0.29) is 18.3 Å². The average Bonchev–Trinajstić information content (AvgIpc) is 3.00. The molecule has 3 rings (SSSR count). The van der Waals surface area contributed by atoms with Gasteiger partial charge < -0.3 is 19.9 Å². The fourth-order valence-electron chi connectivity index (χ4n) is 3.04. The average molecular weight is 332 g/mol. The molecule has 0 unspecified atom stereocenters. The van der Waals surface area contributed by atoms with Gasteiger partial charge in [-0.15, -0.1) is 0 Å². The van der Waals surface area contributed by atoms with Crippen LogP contribution in [0.2, 0.25) is 0 Å². The maximum absolute atomic E-state index is 13.0. The van der Waals surface area contributed by atoms with Crippen LogP contribution in [0, 0.1) is 5.82 Å². The summed E-state index contributed by atoms with van der Waals surface area (Å²) in [5.74, 6) is 0.0251. The van der Waals surface area contributed by atoms with Gasteiger partial charge in [-0.2, -0.15) is 0 Å². The highest BCUT2D eigenvalue weighted by Gasteiger charge is 2.34. The second kappa shape index (κ2) is 6.60. The van der Waals surface area contributed by atoms with Crippen molar-refractivity contribution < 1.29 is 14.3 Å². The number of hydrogen-bond acceptors (Lipinski definition) is 4. The molecule has 6 nitrogen and oxygen atoms in total. The Labute approximate surface area is 139 Å². The number of aryl methyl sites for hydroxylation is 1. The molecule has 0 aliphatic carbocycles. The third kappa shape index (κ3) is 3.56. The van der Waals surface area contributed by atoms with Crippen molar-refractivity contribution in [3.8, 4) is 0 Å². The Morgan fingerprint density at radius 2 is 2.29 bits per heavy atom. The number of aromatic nitrogens is 2. The molecule has 0 aromatic carbocycles. The van der Waals surface area contributed by atoms with E-state index in [2.05, 4.69) is 10.3 Å². The van der Waals surface area contributed by atoms with Gasteiger partial charge in [-0.25, -0.2) is 9.37 Å². The SMILES string of the molecule is Cn1cccc1C(=O)NC[C@]1(O)CCCN(c2ccc(F)cn2)C1. The third-order valence-electron chi connectivity index (χ3n) is 4.35. The first-order valence-corrected chi connectivity index (χ1v) is 7.95. The molecule has 128 valence electrons. The van der Waals surface area contributed by atoms with Crippen LogP contribution < -0.4 is 10.2 Å². The van der Waals surface area contributed by atoms with Crippen molar-refractivity contribution in [3.05, 3.63) is 48.2 Å². The Morgan fingerprint density at radius 1 is 1.46 bits per heavy atom. The maximum atomic E-state index is 13.0. The van der Waals surface area contributed by atoms with Crippen molar-refractivity contribution in [2.24, 2.45) is 7.05 Å². The van der Waals surface area contributed by atoms with Gasteiger partial charge in [0.1, 0.15) is 17.3 Å². The van der Waals surface area contributed by atoms with E-state index in [9.17, 15) is 14.3 Å². The van der Waals surface area contributed by atoms with Crippen LogP contribution in [0.25, 0.3) is 0 Å². The number of nitrogens with one attached hydrogen (secondary N) is 1. The van der Waals surface area contributed by atoms with Crippen molar-refractivity contribution in [2.45, 2.75) is 18.4 Å². The minimum atomic E-state index is -1.03. The molecule has 1 amide bonds. The number of carbonyl (C=O) groups excluding carboxylic acids is 1. The van der Waals surface area contributed by atoms with Crippen molar-refractivity contribution in [3.63, 3.8) is 0 Å². The summed E-state index contributed by atoms with van der Waals surface area (Å²) in [6.45, 7) is 1.25. The number of rotatable bonds is 4. The van der Waals surface area contributed by atoms with Crippen LogP contribution in [-0.2, 0) is 7.05 Å². The lowest BCUT2D eigenvalue weighted by atomic mass is 9.92. The molecule has 0 bridgehead atoms. The van der Waals surface area contributed by atoms with E-state index in [1.165, 1.54) is 12.3 Å². The number of amides is 1. The summed E-state index contributed by atoms with van der Waals surface area (Å²) < 4.78 is 14.7. The summed E-state index contributed by atoms with van der Waals surface area (Å²) in [4.78, 5) is 18.2. The first-order chi connectivity index (χ1) is 11.5. The van der Waals surface area contributed by atoms with Gasteiger partial charge in [0.05, 0.1) is 11.8 Å². The van der Waals surface area contributed by atoms with Crippen LogP contribution >= 0.6 is 0 Å². The Balaban J connectivity index is 1.63. The second-order valence-corrected chi connectivity index (χ2v) is 6.27. The molecule has 1 fully saturated rings. The molecule has 1 aliphatic heterocycles. The third-order valence-corrected chi connectivity index (χ3v) is 4.35. The van der Waals surface area contributed by atoms with E-state index in [4.69, 9.17) is 0 Å². The van der Waals surface area contributed by atoms with Crippen LogP contribution in [0.5, 0.6) is 0 Å². The van der Waals surface area contributed by atoms with E-state index in [0.29, 0.717) is 24.5 Å². The van der Waals surface area contributed by atoms with Gasteiger partial charge in [0.2, 0.25) is 0 Å². The smallest absolute Gasteiger partial charge is 0.267 e. The van der Waals surface area contributed by atoms with E-state index in [1.807, 2.05) is 4.90 Å². The molecule has 0 radical (unpaired) electrons. The zero-order valence-corrected chi connectivity index (χ0v) is 13.6. The molecular formula is C17H21FN4O2. The maximum Gasteiger partial charge on any atom is 0.267 e. The second-order valence-electron chi connectivity index (χ2n) is 6.27. The van der Waals surface area contributed by atoms with Crippen LogP contribution in [0.4, 0.5) is 10.2 Å². The van der Waals surface area contributed by atoms with Crippen LogP contribution in [0.3, 0.4) is 0 Å². The number of halogens is 1. The van der Waals surface area contributed by atoms with Gasteiger partial charge in [-0.1, -0.05) is 0 Å². The highest BCUT2D eigenvalue weighted by molar-refractivity contribution is 5.92. The van der Waals surface area contributed by atoms with Gasteiger partial charge in [-0.05, 0) is 37.1 Å². The van der Waals surface area contributed by atoms with Gasteiger partial charge in [-0.3, -0.25) is 4.79 Å². The number of piperidine rings is 1. The van der Waals surface area contributed by atoms with E-state index < -0.39 is 5.60 Å². The molecular weight excluding hydrogens is 311 g/mol. The highest BCUT2D eigenvalue weighted by atomic mass is 19.1. The minimum Gasteiger partial charge on any atom is -0.386 e. The number of anilines is 1. The summed E-state index contributed by atoms with van der Waals surface area (Å²) in [5, 5.41) is 13.6. The van der Waals surface area contributed by atoms with Crippen LogP contribution in [0.1, 0.15) is 23.3 Å². The lowest BCUT2D eigenvalue weighted by Crippen LogP contribution is -2.54. The number of carbonyl (C=O) groups is 1. The molecule has 0 spiro atoms. The summed E-state index contributed by atoms with van der Waals surface area (Å²) in [6.07, 6.45) is 4.33. The quantitative estimate of drug-likeness (QED) is 0.886. The highest BCUT2D eigenvalue weighted by Crippen LogP contribution is 2.24. The van der Waals surface area contributed by atoms with E-state index >= 15 is 0 Å². The zero-order chi connectivity index (χ0) is 17.2. The fraction of sp³-hybridized carbons (Fsp3) is 0.412. The first-order valence-electron chi connectivity index (χ1n) is 7.95. The fourth-order valence-corrected chi connectivity index (χ4v) is 3.04. The summed E-state index contributed by atoms with van der Waals surface area (Å²) in [6, 6.07) is 6.48. The number of pyridine rings is 1. The number of aliphatic hydroxyl groups is 1. The monoisotopic (exact) mass is 332 g/mol. The Morgan fingerprint density at radius 3 is 2.96 bits per heavy atom. The predicted octanol–water partition coefficient (Wildman–Crippen LogP) is 1.32. The number of hydrogen-bond donors (Lipinski definition) is 2. The first kappa shape index (κ1) is 16.4. The predicted molar refractivity (Wildman–Crippen MR) is 88.3 cm³/mol. The molecule has 1 aliphatic rings. The Kier molecular flexibility index (Phi) is 4.53. The van der Waals surface area contributed by atoms with Gasteiger partial charge in [0.25, 0.3) is 5.91 Å². The van der Waals surface area contributed by atoms with E-state index in [0.717, 1.165) is 13.0 Å². The molecule has 2 aromatic heterocycles. The van der Waals surface area contributed by atoms with Crippen molar-refractivity contribution >= 4 is 11.7 Å². The molecule has 1 atom stereocenters. The summed E-state index contributed by atoms with van der Waals surface area (Å²) >= 11 is 0. The van der Waals surface area contributed by atoms with Crippen LogP contribution in [0.15, 0.2) is 36.7 Å². The van der Waals surface area contributed by atoms with E-state index in [1.54, 1.807) is 36.0 Å². The van der Waals surface area contributed by atoms with Crippen molar-refractivity contribution in [1.82, 2.24) is 14.9 Å². The number of β-amino-alcohol motifs (C(OH)–C–C–N with tert-alkyl or cyclic N) is 1. The normalized spacial score (nSPS) is 20.9. The Hall–Kier alpha value is -2.41. The standard InChI is InChI=1S/C17H21FN4O2/c1-21-8-2-4-14(21)16(23)20-11-17(24)7-3-9-22(12-17)15-6-5-13(18)10-19-15/h2,4-6,8,10,24H,3,7,9,11-12H2,1H3,(H,20,23)/t17-/m1/s1. The lowest BCUT2D eigenvalue weighted by molar-refractivity contribution is 0.0253. The summed E-state index contributed by atoms with van der Waals surface area (Å²) in [7, 11) is 1.80. The van der Waals surface area contributed by atoms with Gasteiger partial charge in [0, 0.05) is 32.9 Å². The molecule has 2 aromatic rings. The summed E-state index contributed by atoms with van der Waals surface area (Å²) in [5.41, 5.74) is -0.485. The largest absolute Gasteiger partial charge is 0.386 e. The topological polar surface area (TPSA) is 70.4 Å². The van der Waals surface area contributed by atoms with Crippen molar-refractivity contribution in [2.75, 3.05) is 24.5 Å². The zero-order valence-electron chi connectivity index (χ0n) is 13.6. The molecule has 1 saturated heterocycles. The minimum absolute atomic E-state index is 0.161. The Bertz CT molecular complexity index is 716. The molecule has 3 heterocycles. The van der Waals surface area contributed by atoms with Crippen molar-refractivity contribution in [1.29, 1.82) is 0 Å². The number of nitrogens with zero attached hydrogens (tertiary/aromatic N) is 3. The van der Waals surface area contributed by atoms with Gasteiger partial charge in [0.15, 0.2) is 0 Å². The molecule has 0 saturated carbocycles. The van der Waals surface area contributed by atoms with Gasteiger partial charge >= 0.3 is 0 Å². The molecule has 24 heavy (non-hydrogen) atoms. The molecule has 7 heteroatoms. The van der Waals surface area contributed by atoms with Crippen LogP contribution in [-0.4, -0.2) is 45.8 Å². The lowest BCUT2D eigenvalue weighted by Gasteiger charge is -2.39.